The van der Waals surface area contributed by atoms with Gasteiger partial charge in [0.15, 0.2) is 0 Å². The Morgan fingerprint density at radius 3 is 2.22 bits per heavy atom. The molecule has 0 aliphatic heterocycles. The Hall–Kier alpha value is -2.66. The molecule has 2 aliphatic carbocycles. The van der Waals surface area contributed by atoms with Crippen molar-refractivity contribution in [3.05, 3.63) is 59.7 Å². The van der Waals surface area contributed by atoms with Crippen molar-refractivity contribution in [2.45, 2.75) is 57.0 Å². The lowest BCUT2D eigenvalue weighted by Crippen LogP contribution is -2.38. The van der Waals surface area contributed by atoms with Crippen LogP contribution in [-0.2, 0) is 12.8 Å². The quantitative estimate of drug-likeness (QED) is 0.564. The van der Waals surface area contributed by atoms with Crippen LogP contribution in [0.5, 0.6) is 0 Å². The molecule has 168 valence electrons. The number of nitrogens with one attached hydrogen (secondary N) is 2. The topological polar surface area (TPSA) is 53.1 Å². The predicted octanol–water partition coefficient (Wildman–Crippen LogP) is 4.81. The fourth-order valence-electron chi connectivity index (χ4n) is 5.44. The summed E-state index contributed by atoms with van der Waals surface area (Å²) < 4.78 is 0. The highest BCUT2D eigenvalue weighted by Crippen LogP contribution is 2.29. The van der Waals surface area contributed by atoms with Crippen LogP contribution in [0, 0.1) is 5.92 Å². The van der Waals surface area contributed by atoms with E-state index >= 15 is 0 Å². The molecular formula is C27H35N5. The SMILES string of the molecule is CN(C)c1nc(NC2CCC(NCCC3Cc4ccccc4C3)CC2)nc2ccccc12. The third-order valence-electron chi connectivity index (χ3n) is 7.19. The molecule has 0 amide bonds. The Balaban J connectivity index is 1.09. The molecule has 0 saturated heterocycles. The molecule has 0 radical (unpaired) electrons. The summed E-state index contributed by atoms with van der Waals surface area (Å²) in [4.78, 5) is 11.7. The van der Waals surface area contributed by atoms with Gasteiger partial charge in [-0.2, -0.15) is 4.98 Å². The average molecular weight is 430 g/mol. The van der Waals surface area contributed by atoms with Crippen LogP contribution in [0.2, 0.25) is 0 Å². The zero-order valence-electron chi connectivity index (χ0n) is 19.3. The zero-order chi connectivity index (χ0) is 21.9. The van der Waals surface area contributed by atoms with E-state index in [4.69, 9.17) is 9.97 Å². The predicted molar refractivity (Wildman–Crippen MR) is 133 cm³/mol. The Bertz CT molecular complexity index is 1030. The lowest BCUT2D eigenvalue weighted by atomic mass is 9.91. The molecule has 2 N–H and O–H groups in total. The van der Waals surface area contributed by atoms with Gasteiger partial charge < -0.3 is 15.5 Å². The van der Waals surface area contributed by atoms with Crippen LogP contribution in [0.15, 0.2) is 48.5 Å². The molecule has 0 atom stereocenters. The molecule has 3 aromatic rings. The highest BCUT2D eigenvalue weighted by Gasteiger charge is 2.24. The second kappa shape index (κ2) is 9.45. The largest absolute Gasteiger partial charge is 0.362 e. The Morgan fingerprint density at radius 1 is 0.844 bits per heavy atom. The molecule has 5 rings (SSSR count). The fourth-order valence-corrected chi connectivity index (χ4v) is 5.44. The lowest BCUT2D eigenvalue weighted by molar-refractivity contribution is 0.342. The van der Waals surface area contributed by atoms with Crippen LogP contribution < -0.4 is 15.5 Å². The van der Waals surface area contributed by atoms with Crippen LogP contribution in [-0.4, -0.2) is 42.7 Å². The third-order valence-corrected chi connectivity index (χ3v) is 7.19. The van der Waals surface area contributed by atoms with E-state index in [9.17, 15) is 0 Å². The summed E-state index contributed by atoms with van der Waals surface area (Å²) in [6.45, 7) is 1.14. The van der Waals surface area contributed by atoms with Crippen molar-refractivity contribution in [1.82, 2.24) is 15.3 Å². The summed E-state index contributed by atoms with van der Waals surface area (Å²) in [7, 11) is 4.08. The minimum atomic E-state index is 0.452. The van der Waals surface area contributed by atoms with Gasteiger partial charge in [-0.25, -0.2) is 4.98 Å². The number of nitrogens with zero attached hydrogens (tertiary/aromatic N) is 3. The Kier molecular flexibility index (Phi) is 6.26. The number of benzene rings is 2. The summed E-state index contributed by atoms with van der Waals surface area (Å²) in [5.41, 5.74) is 4.13. The summed E-state index contributed by atoms with van der Waals surface area (Å²) in [5, 5.41) is 8.56. The van der Waals surface area contributed by atoms with E-state index in [1.54, 1.807) is 11.1 Å². The summed E-state index contributed by atoms with van der Waals surface area (Å²) >= 11 is 0. The number of hydrogen-bond acceptors (Lipinski definition) is 5. The van der Waals surface area contributed by atoms with Crippen LogP contribution >= 0.6 is 0 Å². The molecule has 2 aromatic carbocycles. The maximum absolute atomic E-state index is 4.81. The molecule has 0 unspecified atom stereocenters. The number of para-hydroxylation sites is 1. The highest BCUT2D eigenvalue weighted by molar-refractivity contribution is 5.90. The van der Waals surface area contributed by atoms with Crippen LogP contribution in [0.1, 0.15) is 43.2 Å². The van der Waals surface area contributed by atoms with Crippen LogP contribution in [0.3, 0.4) is 0 Å². The van der Waals surface area contributed by atoms with Gasteiger partial charge in [0, 0.05) is 31.6 Å². The van der Waals surface area contributed by atoms with Gasteiger partial charge in [0.25, 0.3) is 0 Å². The Morgan fingerprint density at radius 2 is 1.50 bits per heavy atom. The van der Waals surface area contributed by atoms with E-state index in [0.717, 1.165) is 35.1 Å². The smallest absolute Gasteiger partial charge is 0.225 e. The average Bonchev–Trinajstić information content (AvgIpc) is 3.22. The van der Waals surface area contributed by atoms with Gasteiger partial charge in [-0.3, -0.25) is 0 Å². The summed E-state index contributed by atoms with van der Waals surface area (Å²) in [6.07, 6.45) is 8.57. The summed E-state index contributed by atoms with van der Waals surface area (Å²) in [5.74, 6) is 2.54. The van der Waals surface area contributed by atoms with Crippen molar-refractivity contribution in [1.29, 1.82) is 0 Å². The third kappa shape index (κ3) is 4.73. The molecule has 1 aromatic heterocycles. The minimum Gasteiger partial charge on any atom is -0.362 e. The first-order chi connectivity index (χ1) is 15.7. The van der Waals surface area contributed by atoms with Crippen LogP contribution in [0.4, 0.5) is 11.8 Å². The van der Waals surface area contributed by atoms with Crippen molar-refractivity contribution in [2.24, 2.45) is 5.92 Å². The molecule has 1 heterocycles. The molecule has 1 fully saturated rings. The molecule has 0 bridgehead atoms. The van der Waals surface area contributed by atoms with Crippen molar-refractivity contribution >= 4 is 22.7 Å². The van der Waals surface area contributed by atoms with Gasteiger partial charge in [-0.1, -0.05) is 36.4 Å². The number of hydrogen-bond donors (Lipinski definition) is 2. The van der Waals surface area contributed by atoms with E-state index in [2.05, 4.69) is 51.9 Å². The number of rotatable bonds is 7. The molecule has 1 saturated carbocycles. The monoisotopic (exact) mass is 429 g/mol. The summed E-state index contributed by atoms with van der Waals surface area (Å²) in [6, 6.07) is 18.3. The molecule has 2 aliphatic rings. The normalized spacial score (nSPS) is 20.9. The van der Waals surface area contributed by atoms with E-state index < -0.39 is 0 Å². The second-order valence-electron chi connectivity index (χ2n) is 9.76. The number of aromatic nitrogens is 2. The maximum atomic E-state index is 4.81. The van der Waals surface area contributed by atoms with Gasteiger partial charge >= 0.3 is 0 Å². The first kappa shape index (κ1) is 21.2. The first-order valence-corrected chi connectivity index (χ1v) is 12.2. The fraction of sp³-hybridized carbons (Fsp3) is 0.481. The van der Waals surface area contributed by atoms with Crippen molar-refractivity contribution in [3.8, 4) is 0 Å². The maximum Gasteiger partial charge on any atom is 0.225 e. The van der Waals surface area contributed by atoms with Gasteiger partial charge in [0.2, 0.25) is 5.95 Å². The van der Waals surface area contributed by atoms with E-state index in [1.807, 2.05) is 26.2 Å². The lowest BCUT2D eigenvalue weighted by Gasteiger charge is -2.30. The van der Waals surface area contributed by atoms with E-state index in [-0.39, 0.29) is 0 Å². The van der Waals surface area contributed by atoms with Gasteiger partial charge in [-0.15, -0.1) is 0 Å². The van der Waals surface area contributed by atoms with Crippen molar-refractivity contribution in [2.75, 3.05) is 30.9 Å². The standard InChI is InChI=1S/C27H35N5/c1-32(2)26-24-9-5-6-10-25(24)30-27(31-26)29-23-13-11-22(12-14-23)28-16-15-19-17-20-7-3-4-8-21(20)18-19/h3-10,19,22-23,28H,11-18H2,1-2H3,(H,29,30,31). The Labute approximate surface area is 191 Å². The van der Waals surface area contributed by atoms with Gasteiger partial charge in [0.1, 0.15) is 5.82 Å². The molecular weight excluding hydrogens is 394 g/mol. The first-order valence-electron chi connectivity index (χ1n) is 12.2. The van der Waals surface area contributed by atoms with Crippen molar-refractivity contribution in [3.63, 3.8) is 0 Å². The van der Waals surface area contributed by atoms with Crippen LogP contribution in [0.25, 0.3) is 10.9 Å². The van der Waals surface area contributed by atoms with E-state index in [0.29, 0.717) is 12.1 Å². The molecule has 5 heteroatoms. The molecule has 5 nitrogen and oxygen atoms in total. The highest BCUT2D eigenvalue weighted by atomic mass is 15.2. The molecule has 0 spiro atoms. The number of anilines is 2. The zero-order valence-corrected chi connectivity index (χ0v) is 19.3. The van der Waals surface area contributed by atoms with Gasteiger partial charge in [0.05, 0.1) is 5.52 Å². The van der Waals surface area contributed by atoms with Crippen molar-refractivity contribution < 1.29 is 0 Å². The van der Waals surface area contributed by atoms with Gasteiger partial charge in [-0.05, 0) is 80.7 Å². The molecule has 32 heavy (non-hydrogen) atoms. The minimum absolute atomic E-state index is 0.452. The van der Waals surface area contributed by atoms with E-state index in [1.165, 1.54) is 44.9 Å². The second-order valence-corrected chi connectivity index (χ2v) is 9.76. The number of fused-ring (bicyclic) bond motifs is 2.